The summed E-state index contributed by atoms with van der Waals surface area (Å²) in [6.45, 7) is 3.62. The largest absolute Gasteiger partial charge is 0.493 e. The van der Waals surface area contributed by atoms with Crippen molar-refractivity contribution in [3.05, 3.63) is 55.7 Å². The average molecular weight is 275 g/mol. The van der Waals surface area contributed by atoms with Crippen LogP contribution in [0, 0.1) is 13.8 Å². The highest BCUT2D eigenvalue weighted by Crippen LogP contribution is 2.20. The minimum Gasteiger partial charge on any atom is -0.493 e. The first-order chi connectivity index (χ1) is 9.32. The van der Waals surface area contributed by atoms with Crippen LogP contribution in [-0.4, -0.2) is 20.6 Å². The van der Waals surface area contributed by atoms with E-state index in [1.165, 1.54) is 0 Å². The maximum Gasteiger partial charge on any atom is 0.335 e. The predicted molar refractivity (Wildman–Crippen MR) is 72.3 cm³/mol. The molecule has 2 aromatic rings. The SMILES string of the molecule is Cc1ccc(-n2c(O)c(C(N)=O)c(=O)[nH]c2=O)c(C)c1. The third kappa shape index (κ3) is 2.09. The fraction of sp³-hybridized carbons (Fsp3) is 0.154. The molecule has 0 unspecified atom stereocenters. The van der Waals surface area contributed by atoms with E-state index in [2.05, 4.69) is 0 Å². The quantitative estimate of drug-likeness (QED) is 0.711. The molecule has 0 fully saturated rings. The molecule has 0 aliphatic rings. The van der Waals surface area contributed by atoms with E-state index in [-0.39, 0.29) is 0 Å². The second-order valence-electron chi connectivity index (χ2n) is 4.45. The van der Waals surface area contributed by atoms with E-state index in [4.69, 9.17) is 5.73 Å². The lowest BCUT2D eigenvalue weighted by molar-refractivity contribution is 0.0995. The molecule has 1 amide bonds. The van der Waals surface area contributed by atoms with Crippen molar-refractivity contribution in [3.63, 3.8) is 0 Å². The van der Waals surface area contributed by atoms with Crippen molar-refractivity contribution in [2.75, 3.05) is 0 Å². The number of hydrogen-bond acceptors (Lipinski definition) is 4. The van der Waals surface area contributed by atoms with Gasteiger partial charge in [0.05, 0.1) is 5.69 Å². The first-order valence-corrected chi connectivity index (χ1v) is 5.78. The van der Waals surface area contributed by atoms with Crippen LogP contribution in [0.25, 0.3) is 5.69 Å². The number of hydrogen-bond donors (Lipinski definition) is 3. The topological polar surface area (TPSA) is 118 Å². The number of H-pyrrole nitrogens is 1. The van der Waals surface area contributed by atoms with Crippen molar-refractivity contribution in [1.29, 1.82) is 0 Å². The molecule has 4 N–H and O–H groups in total. The van der Waals surface area contributed by atoms with Gasteiger partial charge in [-0.2, -0.15) is 0 Å². The van der Waals surface area contributed by atoms with Gasteiger partial charge in [-0.15, -0.1) is 0 Å². The summed E-state index contributed by atoms with van der Waals surface area (Å²) in [4.78, 5) is 36.5. The van der Waals surface area contributed by atoms with E-state index in [1.54, 1.807) is 25.1 Å². The summed E-state index contributed by atoms with van der Waals surface area (Å²) in [5, 5.41) is 10.0. The Morgan fingerprint density at radius 1 is 1.30 bits per heavy atom. The maximum absolute atomic E-state index is 11.9. The number of carbonyl (C=O) groups excluding carboxylic acids is 1. The summed E-state index contributed by atoms with van der Waals surface area (Å²) < 4.78 is 0.844. The summed E-state index contributed by atoms with van der Waals surface area (Å²) in [6.07, 6.45) is 0. The Labute approximate surface area is 113 Å². The number of rotatable bonds is 2. The number of aromatic nitrogens is 2. The van der Waals surface area contributed by atoms with Gasteiger partial charge in [-0.25, -0.2) is 9.36 Å². The highest BCUT2D eigenvalue weighted by Gasteiger charge is 2.20. The lowest BCUT2D eigenvalue weighted by atomic mass is 10.1. The van der Waals surface area contributed by atoms with Crippen LogP contribution >= 0.6 is 0 Å². The Bertz CT molecular complexity index is 817. The molecule has 0 saturated heterocycles. The summed E-state index contributed by atoms with van der Waals surface area (Å²) in [5.41, 5.74) is 4.56. The van der Waals surface area contributed by atoms with Gasteiger partial charge in [0.2, 0.25) is 5.88 Å². The number of aromatic amines is 1. The molecule has 1 aromatic heterocycles. The van der Waals surface area contributed by atoms with Gasteiger partial charge in [-0.05, 0) is 25.5 Å². The molecular formula is C13H13N3O4. The smallest absolute Gasteiger partial charge is 0.335 e. The Kier molecular flexibility index (Phi) is 3.19. The summed E-state index contributed by atoms with van der Waals surface area (Å²) in [5.74, 6) is -1.87. The lowest BCUT2D eigenvalue weighted by Gasteiger charge is -2.12. The molecule has 0 atom stereocenters. The fourth-order valence-electron chi connectivity index (χ4n) is 2.03. The third-order valence-electron chi connectivity index (χ3n) is 2.93. The minimum atomic E-state index is -1.11. The molecule has 0 aliphatic carbocycles. The summed E-state index contributed by atoms with van der Waals surface area (Å²) in [7, 11) is 0. The van der Waals surface area contributed by atoms with Crippen LogP contribution < -0.4 is 17.0 Å². The highest BCUT2D eigenvalue weighted by molar-refractivity contribution is 5.94. The van der Waals surface area contributed by atoms with Crippen molar-refractivity contribution in [1.82, 2.24) is 9.55 Å². The zero-order chi connectivity index (χ0) is 15.0. The van der Waals surface area contributed by atoms with E-state index >= 15 is 0 Å². The molecule has 7 nitrogen and oxygen atoms in total. The number of primary amides is 1. The molecule has 1 aromatic carbocycles. The van der Waals surface area contributed by atoms with Gasteiger partial charge < -0.3 is 10.8 Å². The molecule has 0 aliphatic heterocycles. The number of nitrogens with zero attached hydrogens (tertiary/aromatic N) is 1. The van der Waals surface area contributed by atoms with Gasteiger partial charge in [0.25, 0.3) is 11.5 Å². The van der Waals surface area contributed by atoms with E-state index in [0.29, 0.717) is 11.3 Å². The van der Waals surface area contributed by atoms with E-state index in [0.717, 1.165) is 10.1 Å². The standard InChI is InChI=1S/C13H13N3O4/c1-6-3-4-8(7(2)5-6)16-12(19)9(10(14)17)11(18)15-13(16)20/h3-5,19H,1-2H3,(H2,14,17)(H,15,18,20). The predicted octanol–water partition coefficient (Wildman–Crippen LogP) is -0.0529. The second-order valence-corrected chi connectivity index (χ2v) is 4.45. The van der Waals surface area contributed by atoms with Gasteiger partial charge in [0.1, 0.15) is 0 Å². The molecule has 0 saturated carbocycles. The van der Waals surface area contributed by atoms with Crippen LogP contribution in [0.4, 0.5) is 0 Å². The van der Waals surface area contributed by atoms with E-state index in [1.807, 2.05) is 11.9 Å². The summed E-state index contributed by atoms with van der Waals surface area (Å²) >= 11 is 0. The molecule has 7 heteroatoms. The van der Waals surface area contributed by atoms with Gasteiger partial charge in [0.15, 0.2) is 5.56 Å². The first-order valence-electron chi connectivity index (χ1n) is 5.78. The second kappa shape index (κ2) is 4.69. The number of nitrogens with one attached hydrogen (secondary N) is 1. The van der Waals surface area contributed by atoms with Crippen molar-refractivity contribution < 1.29 is 9.90 Å². The van der Waals surface area contributed by atoms with Gasteiger partial charge in [-0.3, -0.25) is 14.6 Å². The molecular weight excluding hydrogens is 262 g/mol. The number of aryl methyl sites for hydroxylation is 2. The van der Waals surface area contributed by atoms with Gasteiger partial charge in [0, 0.05) is 0 Å². The van der Waals surface area contributed by atoms with Gasteiger partial charge >= 0.3 is 5.69 Å². The molecule has 0 radical (unpaired) electrons. The third-order valence-corrected chi connectivity index (χ3v) is 2.93. The van der Waals surface area contributed by atoms with Crippen LogP contribution in [0.1, 0.15) is 21.5 Å². The normalized spacial score (nSPS) is 10.5. The van der Waals surface area contributed by atoms with Crippen molar-refractivity contribution in [2.24, 2.45) is 5.73 Å². The van der Waals surface area contributed by atoms with Crippen molar-refractivity contribution in [2.45, 2.75) is 13.8 Å². The number of benzene rings is 1. The summed E-state index contributed by atoms with van der Waals surface area (Å²) in [6, 6.07) is 5.15. The maximum atomic E-state index is 11.9. The monoisotopic (exact) mass is 275 g/mol. The zero-order valence-corrected chi connectivity index (χ0v) is 10.9. The molecule has 2 rings (SSSR count). The molecule has 1 heterocycles. The van der Waals surface area contributed by atoms with E-state index in [9.17, 15) is 19.5 Å². The Balaban J connectivity index is 2.88. The van der Waals surface area contributed by atoms with Crippen LogP contribution in [0.15, 0.2) is 27.8 Å². The number of carbonyl (C=O) groups is 1. The average Bonchev–Trinajstić information content (AvgIpc) is 2.30. The minimum absolute atomic E-state index is 0.358. The lowest BCUT2D eigenvalue weighted by Crippen LogP contribution is -2.35. The van der Waals surface area contributed by atoms with Crippen molar-refractivity contribution >= 4 is 5.91 Å². The molecule has 20 heavy (non-hydrogen) atoms. The first kappa shape index (κ1) is 13.6. The van der Waals surface area contributed by atoms with Crippen LogP contribution in [-0.2, 0) is 0 Å². The fourth-order valence-corrected chi connectivity index (χ4v) is 2.03. The number of nitrogens with two attached hydrogens (primary N) is 1. The van der Waals surface area contributed by atoms with Crippen LogP contribution in [0.2, 0.25) is 0 Å². The number of amides is 1. The van der Waals surface area contributed by atoms with Crippen LogP contribution in [0.5, 0.6) is 5.88 Å². The van der Waals surface area contributed by atoms with Crippen molar-refractivity contribution in [3.8, 4) is 11.6 Å². The van der Waals surface area contributed by atoms with E-state index < -0.39 is 28.6 Å². The molecule has 104 valence electrons. The Morgan fingerprint density at radius 3 is 2.50 bits per heavy atom. The number of aromatic hydroxyl groups is 1. The van der Waals surface area contributed by atoms with Gasteiger partial charge in [-0.1, -0.05) is 17.7 Å². The molecule has 0 spiro atoms. The highest BCUT2D eigenvalue weighted by atomic mass is 16.3. The van der Waals surface area contributed by atoms with Crippen LogP contribution in [0.3, 0.4) is 0 Å². The Hall–Kier alpha value is -2.83. The molecule has 0 bridgehead atoms. The Morgan fingerprint density at radius 2 is 1.95 bits per heavy atom. The zero-order valence-electron chi connectivity index (χ0n) is 10.9.